The van der Waals surface area contributed by atoms with Crippen LogP contribution in [0.1, 0.15) is 29.4 Å². The van der Waals surface area contributed by atoms with Gasteiger partial charge in [-0.2, -0.15) is 10.4 Å². The third kappa shape index (κ3) is 3.87. The molecule has 1 aliphatic rings. The van der Waals surface area contributed by atoms with E-state index in [-0.39, 0.29) is 12.0 Å². The fraction of sp³-hybridized carbons (Fsp3) is 0.250. The van der Waals surface area contributed by atoms with Crippen LogP contribution in [0, 0.1) is 24.2 Å². The summed E-state index contributed by atoms with van der Waals surface area (Å²) in [6.07, 6.45) is 3.30. The predicted molar refractivity (Wildman–Crippen MR) is 125 cm³/mol. The SMILES string of the molecule is Cc1ccc(Nc2ccc3c(c2)ncn3-c2ccc(C=O)c(N3C[C@H](C#N)C[C@@H]3C)n2)nn1. The standard InChI is InChI=1S/C24H22N8O/c1-15-3-7-22(30-29-15)27-19-5-6-21-20(10-19)26-14-32(21)23-8-4-18(13-33)24(28-23)31-12-17(11-25)9-16(31)2/h3-8,10,13-14,16-17H,9,12H2,1-2H3,(H,27,30)/t16-,17-/m0/s1. The number of aldehydes is 1. The van der Waals surface area contributed by atoms with Crippen molar-refractivity contribution in [2.75, 3.05) is 16.8 Å². The van der Waals surface area contributed by atoms with E-state index in [1.807, 2.05) is 52.8 Å². The number of hydrogen-bond donors (Lipinski definition) is 1. The molecular weight excluding hydrogens is 416 g/mol. The number of rotatable bonds is 5. The van der Waals surface area contributed by atoms with Crippen molar-refractivity contribution in [3.8, 4) is 11.9 Å². The van der Waals surface area contributed by atoms with Crippen molar-refractivity contribution in [3.05, 3.63) is 60.0 Å². The first-order valence-electron chi connectivity index (χ1n) is 10.7. The maximum atomic E-state index is 11.7. The van der Waals surface area contributed by atoms with Crippen LogP contribution in [-0.4, -0.2) is 43.6 Å². The number of nitrogens with one attached hydrogen (secondary N) is 1. The van der Waals surface area contributed by atoms with Crippen LogP contribution in [-0.2, 0) is 0 Å². The van der Waals surface area contributed by atoms with Gasteiger partial charge in [-0.25, -0.2) is 9.97 Å². The van der Waals surface area contributed by atoms with Crippen molar-refractivity contribution in [2.45, 2.75) is 26.3 Å². The van der Waals surface area contributed by atoms with Gasteiger partial charge < -0.3 is 10.2 Å². The van der Waals surface area contributed by atoms with E-state index in [0.29, 0.717) is 29.6 Å². The van der Waals surface area contributed by atoms with E-state index in [2.05, 4.69) is 33.5 Å². The Morgan fingerprint density at radius 2 is 2.06 bits per heavy atom. The van der Waals surface area contributed by atoms with Gasteiger partial charge in [-0.05, 0) is 62.7 Å². The molecule has 33 heavy (non-hydrogen) atoms. The van der Waals surface area contributed by atoms with Crippen molar-refractivity contribution in [2.24, 2.45) is 5.92 Å². The Labute approximate surface area is 190 Å². The minimum Gasteiger partial charge on any atom is -0.352 e. The van der Waals surface area contributed by atoms with Crippen LogP contribution in [0.4, 0.5) is 17.3 Å². The van der Waals surface area contributed by atoms with E-state index in [0.717, 1.165) is 35.1 Å². The number of anilines is 3. The van der Waals surface area contributed by atoms with Gasteiger partial charge in [-0.1, -0.05) is 0 Å². The maximum absolute atomic E-state index is 11.7. The van der Waals surface area contributed by atoms with Gasteiger partial charge in [0, 0.05) is 18.3 Å². The van der Waals surface area contributed by atoms with Crippen molar-refractivity contribution in [1.82, 2.24) is 24.7 Å². The molecule has 164 valence electrons. The van der Waals surface area contributed by atoms with E-state index in [9.17, 15) is 10.1 Å². The second kappa shape index (κ2) is 8.31. The molecule has 2 atom stereocenters. The molecule has 1 N–H and O–H groups in total. The molecule has 1 aliphatic heterocycles. The lowest BCUT2D eigenvalue weighted by Crippen LogP contribution is -2.29. The Balaban J connectivity index is 1.48. The van der Waals surface area contributed by atoms with Gasteiger partial charge in [0.05, 0.1) is 34.3 Å². The average Bonchev–Trinajstić information content (AvgIpc) is 3.43. The number of nitrogens with zero attached hydrogens (tertiary/aromatic N) is 7. The molecule has 0 unspecified atom stereocenters. The number of aryl methyl sites for hydroxylation is 1. The highest BCUT2D eigenvalue weighted by Crippen LogP contribution is 2.31. The van der Waals surface area contributed by atoms with E-state index >= 15 is 0 Å². The molecule has 1 fully saturated rings. The first kappa shape index (κ1) is 20.6. The zero-order valence-corrected chi connectivity index (χ0v) is 18.3. The van der Waals surface area contributed by atoms with Crippen LogP contribution in [0.2, 0.25) is 0 Å². The summed E-state index contributed by atoms with van der Waals surface area (Å²) in [5, 5.41) is 20.8. The quantitative estimate of drug-likeness (QED) is 0.468. The van der Waals surface area contributed by atoms with Crippen LogP contribution in [0.25, 0.3) is 16.9 Å². The van der Waals surface area contributed by atoms with Gasteiger partial charge in [-0.3, -0.25) is 9.36 Å². The van der Waals surface area contributed by atoms with Gasteiger partial charge >= 0.3 is 0 Å². The Morgan fingerprint density at radius 3 is 2.79 bits per heavy atom. The van der Waals surface area contributed by atoms with E-state index in [1.54, 1.807) is 12.4 Å². The molecule has 0 amide bonds. The van der Waals surface area contributed by atoms with Crippen molar-refractivity contribution < 1.29 is 4.79 Å². The number of imidazole rings is 1. The zero-order valence-electron chi connectivity index (χ0n) is 18.3. The zero-order chi connectivity index (χ0) is 22.9. The summed E-state index contributed by atoms with van der Waals surface area (Å²) in [6, 6.07) is 15.7. The lowest BCUT2D eigenvalue weighted by atomic mass is 10.1. The van der Waals surface area contributed by atoms with Crippen LogP contribution < -0.4 is 10.2 Å². The van der Waals surface area contributed by atoms with Crippen molar-refractivity contribution in [3.63, 3.8) is 0 Å². The molecular formula is C24H22N8O. The normalized spacial score (nSPS) is 17.8. The summed E-state index contributed by atoms with van der Waals surface area (Å²) < 4.78 is 1.89. The fourth-order valence-electron chi connectivity index (χ4n) is 4.21. The van der Waals surface area contributed by atoms with Gasteiger partial charge in [0.15, 0.2) is 12.1 Å². The van der Waals surface area contributed by atoms with Gasteiger partial charge in [0.2, 0.25) is 0 Å². The lowest BCUT2D eigenvalue weighted by molar-refractivity contribution is 0.112. The van der Waals surface area contributed by atoms with E-state index in [1.165, 1.54) is 0 Å². The summed E-state index contributed by atoms with van der Waals surface area (Å²) >= 11 is 0. The highest BCUT2D eigenvalue weighted by atomic mass is 16.1. The highest BCUT2D eigenvalue weighted by molar-refractivity contribution is 5.85. The number of carbonyl (C=O) groups excluding carboxylic acids is 1. The van der Waals surface area contributed by atoms with Gasteiger partial charge in [0.25, 0.3) is 0 Å². The molecule has 4 aromatic rings. The second-order valence-electron chi connectivity index (χ2n) is 8.27. The maximum Gasteiger partial charge on any atom is 0.153 e. The Hall–Kier alpha value is -4.32. The molecule has 9 heteroatoms. The molecule has 3 aromatic heterocycles. The molecule has 1 aromatic carbocycles. The molecule has 5 rings (SSSR count). The fourth-order valence-corrected chi connectivity index (χ4v) is 4.21. The van der Waals surface area contributed by atoms with Gasteiger partial charge in [-0.15, -0.1) is 5.10 Å². The largest absolute Gasteiger partial charge is 0.352 e. The number of hydrogen-bond acceptors (Lipinski definition) is 8. The smallest absolute Gasteiger partial charge is 0.153 e. The number of benzene rings is 1. The molecule has 1 saturated heterocycles. The molecule has 0 radical (unpaired) electrons. The first-order chi connectivity index (χ1) is 16.1. The second-order valence-corrected chi connectivity index (χ2v) is 8.27. The Morgan fingerprint density at radius 1 is 1.18 bits per heavy atom. The lowest BCUT2D eigenvalue weighted by Gasteiger charge is -2.24. The van der Waals surface area contributed by atoms with Crippen molar-refractivity contribution >= 4 is 34.6 Å². The van der Waals surface area contributed by atoms with E-state index < -0.39 is 0 Å². The summed E-state index contributed by atoms with van der Waals surface area (Å²) in [5.74, 6) is 1.86. The van der Waals surface area contributed by atoms with Crippen LogP contribution >= 0.6 is 0 Å². The van der Waals surface area contributed by atoms with Gasteiger partial charge in [0.1, 0.15) is 18.0 Å². The molecule has 9 nitrogen and oxygen atoms in total. The number of carbonyl (C=O) groups is 1. The number of pyridine rings is 1. The Kier molecular flexibility index (Phi) is 5.18. The number of fused-ring (bicyclic) bond motifs is 1. The molecule has 0 bridgehead atoms. The third-order valence-corrected chi connectivity index (χ3v) is 5.91. The monoisotopic (exact) mass is 438 g/mol. The average molecular weight is 438 g/mol. The number of nitriles is 1. The molecule has 4 heterocycles. The first-order valence-corrected chi connectivity index (χ1v) is 10.7. The summed E-state index contributed by atoms with van der Waals surface area (Å²) in [4.78, 5) is 23.1. The number of aromatic nitrogens is 5. The van der Waals surface area contributed by atoms with E-state index in [4.69, 9.17) is 4.98 Å². The summed E-state index contributed by atoms with van der Waals surface area (Å²) in [6.45, 7) is 4.51. The third-order valence-electron chi connectivity index (χ3n) is 5.91. The van der Waals surface area contributed by atoms with Crippen molar-refractivity contribution in [1.29, 1.82) is 5.26 Å². The minimum absolute atomic E-state index is 0.0665. The highest BCUT2D eigenvalue weighted by Gasteiger charge is 2.31. The Bertz CT molecular complexity index is 1370. The summed E-state index contributed by atoms with van der Waals surface area (Å²) in [5.41, 5.74) is 3.90. The topological polar surface area (TPSA) is 113 Å². The summed E-state index contributed by atoms with van der Waals surface area (Å²) in [7, 11) is 0. The molecule has 0 spiro atoms. The molecule has 0 aliphatic carbocycles. The van der Waals surface area contributed by atoms with Crippen LogP contribution in [0.5, 0.6) is 0 Å². The van der Waals surface area contributed by atoms with Crippen LogP contribution in [0.3, 0.4) is 0 Å². The predicted octanol–water partition coefficient (Wildman–Crippen LogP) is 3.81. The minimum atomic E-state index is -0.0665. The molecule has 0 saturated carbocycles. The van der Waals surface area contributed by atoms with Crippen LogP contribution in [0.15, 0.2) is 48.8 Å².